The summed E-state index contributed by atoms with van der Waals surface area (Å²) in [5.41, 5.74) is 6.10. The maximum Gasteiger partial charge on any atom is 0.255 e. The summed E-state index contributed by atoms with van der Waals surface area (Å²) in [4.78, 5) is 42.9. The Hall–Kier alpha value is -5.13. The number of anilines is 1. The van der Waals surface area contributed by atoms with Crippen molar-refractivity contribution in [2.75, 3.05) is 26.1 Å². The van der Waals surface area contributed by atoms with E-state index >= 15 is 0 Å². The van der Waals surface area contributed by atoms with Gasteiger partial charge in [0.15, 0.2) is 12.3 Å². The first-order chi connectivity index (χ1) is 22.0. The van der Waals surface area contributed by atoms with Crippen LogP contribution in [-0.2, 0) is 32.1 Å². The Labute approximate surface area is 264 Å². The molecule has 0 radical (unpaired) electrons. The topological polar surface area (TPSA) is 172 Å². The van der Waals surface area contributed by atoms with Crippen molar-refractivity contribution in [2.24, 2.45) is 17.6 Å². The van der Waals surface area contributed by atoms with Gasteiger partial charge in [0.25, 0.3) is 5.91 Å². The third-order valence-corrected chi connectivity index (χ3v) is 9.60. The van der Waals surface area contributed by atoms with Gasteiger partial charge in [-0.05, 0) is 73.3 Å². The van der Waals surface area contributed by atoms with Crippen molar-refractivity contribution in [2.45, 2.75) is 31.1 Å². The molecule has 11 nitrogen and oxygen atoms in total. The van der Waals surface area contributed by atoms with Crippen LogP contribution in [0.15, 0.2) is 77.6 Å². The molecule has 4 unspecified atom stereocenters. The van der Waals surface area contributed by atoms with Crippen molar-refractivity contribution in [3.05, 3.63) is 94.3 Å². The zero-order valence-corrected chi connectivity index (χ0v) is 25.2. The number of aliphatic hydroxyl groups is 2. The summed E-state index contributed by atoms with van der Waals surface area (Å²) in [6, 6.07) is 17.1. The lowest BCUT2D eigenvalue weighted by atomic mass is 9.57. The number of nitrogens with two attached hydrogens (primary N) is 1. The number of amides is 1. The van der Waals surface area contributed by atoms with Crippen molar-refractivity contribution < 1.29 is 39.2 Å². The zero-order chi connectivity index (χ0) is 32.5. The third-order valence-electron chi connectivity index (χ3n) is 9.60. The highest BCUT2D eigenvalue weighted by atomic mass is 16.5. The molecule has 1 heterocycles. The molecule has 1 fully saturated rings. The number of ketones is 2. The number of nitrogens with zero attached hydrogens (tertiary/aromatic N) is 1. The zero-order valence-electron chi connectivity index (χ0n) is 25.2. The number of ether oxygens (including phenoxy) is 2. The van der Waals surface area contributed by atoms with Gasteiger partial charge in [-0.25, -0.2) is 0 Å². The first-order valence-corrected chi connectivity index (χ1v) is 15.0. The second-order valence-corrected chi connectivity index (χ2v) is 12.4. The average Bonchev–Trinajstić information content (AvgIpc) is 3.50. The molecule has 4 atom stereocenters. The molecule has 46 heavy (non-hydrogen) atoms. The molecule has 0 saturated heterocycles. The summed E-state index contributed by atoms with van der Waals surface area (Å²) >= 11 is 0. The summed E-state index contributed by atoms with van der Waals surface area (Å²) in [5, 5.41) is 37.9. The largest absolute Gasteiger partial charge is 0.507 e. The van der Waals surface area contributed by atoms with Gasteiger partial charge in [-0.15, -0.1) is 0 Å². The quantitative estimate of drug-likeness (QED) is 0.203. The molecular weight excluding hydrogens is 590 g/mol. The molecule has 3 aromatic carbocycles. The molecule has 1 amide bonds. The van der Waals surface area contributed by atoms with Crippen LogP contribution >= 0.6 is 0 Å². The van der Waals surface area contributed by atoms with Gasteiger partial charge in [0, 0.05) is 11.5 Å². The first-order valence-electron chi connectivity index (χ1n) is 15.0. The molecule has 0 bridgehead atoms. The highest BCUT2D eigenvalue weighted by molar-refractivity contribution is 6.33. The number of hydrogen-bond acceptors (Lipinski definition) is 10. The van der Waals surface area contributed by atoms with Crippen molar-refractivity contribution in [3.8, 4) is 22.6 Å². The molecule has 1 saturated carbocycles. The standard InChI is InChI=1S/C35H33N3O8/c1-38(2)29-22-13-19-12-21-20(18-8-11-25-23(14-18)37-16-46-25)9-10-24(39)27(21)30(40)26(19)32(41)35(22,44)33(42)28(34(36)43)31(29)45-15-17-6-4-3-5-7-17/h3-11,14,19,22,29,37,39-40,44H,12-13,15-16H2,1-2H3,(H2,36,43). The van der Waals surface area contributed by atoms with Gasteiger partial charge in [0.05, 0.1) is 17.3 Å². The predicted octanol–water partition coefficient (Wildman–Crippen LogP) is 3.05. The first kappa shape index (κ1) is 29.6. The van der Waals surface area contributed by atoms with Crippen LogP contribution in [-0.4, -0.2) is 70.2 Å². The summed E-state index contributed by atoms with van der Waals surface area (Å²) in [7, 11) is 3.41. The number of aromatic hydroxyl groups is 1. The Morgan fingerprint density at radius 2 is 1.85 bits per heavy atom. The average molecular weight is 624 g/mol. The number of Topliss-reactive ketones (excluding diaryl/α,β-unsaturated/α-hetero) is 2. The number of phenols is 1. The minimum absolute atomic E-state index is 0.00659. The lowest BCUT2D eigenvalue weighted by Crippen LogP contribution is -2.67. The molecule has 3 aromatic rings. The number of carbonyl (C=O) groups is 3. The monoisotopic (exact) mass is 623 g/mol. The van der Waals surface area contributed by atoms with E-state index in [4.69, 9.17) is 15.2 Å². The molecule has 0 aromatic heterocycles. The second-order valence-electron chi connectivity index (χ2n) is 12.4. The van der Waals surface area contributed by atoms with Crippen LogP contribution in [0.1, 0.15) is 23.1 Å². The Balaban J connectivity index is 1.35. The van der Waals surface area contributed by atoms with Crippen molar-refractivity contribution >= 4 is 28.9 Å². The number of rotatable bonds is 6. The summed E-state index contributed by atoms with van der Waals surface area (Å²) in [5.74, 6) is -5.02. The van der Waals surface area contributed by atoms with Crippen LogP contribution in [0.2, 0.25) is 0 Å². The molecule has 1 aliphatic heterocycles. The van der Waals surface area contributed by atoms with Gasteiger partial charge in [-0.3, -0.25) is 19.3 Å². The highest BCUT2D eigenvalue weighted by Gasteiger charge is 2.65. The maximum atomic E-state index is 14.3. The molecule has 236 valence electrons. The van der Waals surface area contributed by atoms with Crippen LogP contribution in [0.25, 0.3) is 16.9 Å². The highest BCUT2D eigenvalue weighted by Crippen LogP contribution is 2.53. The molecule has 6 N–H and O–H groups in total. The van der Waals surface area contributed by atoms with Crippen LogP contribution in [0.3, 0.4) is 0 Å². The molecule has 4 aliphatic rings. The number of primary amides is 1. The van der Waals surface area contributed by atoms with Crippen molar-refractivity contribution in [1.82, 2.24) is 4.90 Å². The van der Waals surface area contributed by atoms with E-state index in [1.54, 1.807) is 25.1 Å². The van der Waals surface area contributed by atoms with Gasteiger partial charge < -0.3 is 35.8 Å². The fraction of sp³-hybridized carbons (Fsp3) is 0.286. The number of phenolic OH excluding ortho intramolecular Hbond substituents is 1. The second kappa shape index (κ2) is 10.7. The fourth-order valence-corrected chi connectivity index (χ4v) is 7.54. The van der Waals surface area contributed by atoms with Gasteiger partial charge in [-0.2, -0.15) is 0 Å². The van der Waals surface area contributed by atoms with Crippen LogP contribution in [0, 0.1) is 11.8 Å². The van der Waals surface area contributed by atoms with Crippen LogP contribution in [0.5, 0.6) is 11.5 Å². The fourth-order valence-electron chi connectivity index (χ4n) is 7.54. The van der Waals surface area contributed by atoms with Gasteiger partial charge in [0.2, 0.25) is 11.6 Å². The van der Waals surface area contributed by atoms with E-state index in [1.807, 2.05) is 48.5 Å². The Morgan fingerprint density at radius 1 is 1.09 bits per heavy atom. The van der Waals surface area contributed by atoms with E-state index in [0.29, 0.717) is 18.0 Å². The van der Waals surface area contributed by atoms with Gasteiger partial charge in [0.1, 0.15) is 35.2 Å². The number of hydrogen-bond donors (Lipinski definition) is 5. The van der Waals surface area contributed by atoms with E-state index < -0.39 is 52.3 Å². The SMILES string of the molecule is CN(C)C1C(OCc2ccccc2)=C(C(N)=O)C(=O)C2(O)C(=O)C3=C(O)c4c(O)ccc(-c5ccc6c(c5)NCO6)c4CC3CC12. The summed E-state index contributed by atoms with van der Waals surface area (Å²) in [6.07, 6.45) is 0.327. The molecular formula is C35H33N3O8. The predicted molar refractivity (Wildman–Crippen MR) is 167 cm³/mol. The lowest BCUT2D eigenvalue weighted by molar-refractivity contribution is -0.162. The van der Waals surface area contributed by atoms with Crippen LogP contribution in [0.4, 0.5) is 5.69 Å². The smallest absolute Gasteiger partial charge is 0.255 e. The minimum Gasteiger partial charge on any atom is -0.507 e. The molecule has 3 aliphatic carbocycles. The Kier molecular flexibility index (Phi) is 6.91. The number of fused-ring (bicyclic) bond motifs is 4. The van der Waals surface area contributed by atoms with E-state index in [9.17, 15) is 29.7 Å². The lowest BCUT2D eigenvalue weighted by Gasteiger charge is -2.50. The number of likely N-dealkylation sites (N-methyl/N-ethyl adjacent to an activating group) is 1. The minimum atomic E-state index is -2.70. The van der Waals surface area contributed by atoms with E-state index in [2.05, 4.69) is 5.32 Å². The third kappa shape index (κ3) is 4.30. The maximum absolute atomic E-state index is 14.3. The van der Waals surface area contributed by atoms with Gasteiger partial charge >= 0.3 is 0 Å². The molecule has 11 heteroatoms. The Morgan fingerprint density at radius 3 is 2.57 bits per heavy atom. The normalized spacial score (nSPS) is 24.9. The van der Waals surface area contributed by atoms with Crippen molar-refractivity contribution in [3.63, 3.8) is 0 Å². The number of carbonyl (C=O) groups excluding carboxylic acids is 3. The number of benzene rings is 3. The van der Waals surface area contributed by atoms with E-state index in [0.717, 1.165) is 22.4 Å². The molecule has 0 spiro atoms. The molecule has 7 rings (SSSR count). The van der Waals surface area contributed by atoms with Crippen LogP contribution < -0.4 is 15.8 Å². The van der Waals surface area contributed by atoms with Crippen molar-refractivity contribution in [1.29, 1.82) is 0 Å². The number of aliphatic hydroxyl groups excluding tert-OH is 1. The number of nitrogens with one attached hydrogen (secondary N) is 1. The summed E-state index contributed by atoms with van der Waals surface area (Å²) < 4.78 is 11.7. The summed E-state index contributed by atoms with van der Waals surface area (Å²) in [6.45, 7) is 0.373. The van der Waals surface area contributed by atoms with E-state index in [1.165, 1.54) is 6.07 Å². The van der Waals surface area contributed by atoms with E-state index in [-0.39, 0.29) is 42.1 Å². The Bertz CT molecular complexity index is 1880. The van der Waals surface area contributed by atoms with Gasteiger partial charge in [-0.1, -0.05) is 42.5 Å².